The molecule has 1 atom stereocenters. The van der Waals surface area contributed by atoms with Crippen molar-refractivity contribution in [2.45, 2.75) is 33.4 Å². The molecule has 0 radical (unpaired) electrons. The standard InChI is InChI=1S/C22H23N5O3/c1-4-27-17(10-11-23-27)15-7-5-8-16(13-15)20-25-22(30-26-20)19(14(2)3)24-21(28)18-9-6-12-29-18/h5-14,19H,4H2,1-3H3,(H,24,28). The predicted molar refractivity (Wildman–Crippen MR) is 110 cm³/mol. The predicted octanol–water partition coefficient (Wildman–Crippen LogP) is 4.34. The highest BCUT2D eigenvalue weighted by Crippen LogP contribution is 2.27. The Hall–Kier alpha value is -3.68. The first kappa shape index (κ1) is 19.6. The van der Waals surface area contributed by atoms with Crippen LogP contribution in [0.25, 0.3) is 22.6 Å². The molecule has 3 heterocycles. The van der Waals surface area contributed by atoms with Gasteiger partial charge in [0.1, 0.15) is 6.04 Å². The number of carbonyl (C=O) groups is 1. The summed E-state index contributed by atoms with van der Waals surface area (Å²) in [4.78, 5) is 17.0. The lowest BCUT2D eigenvalue weighted by Crippen LogP contribution is -2.31. The van der Waals surface area contributed by atoms with Crippen molar-refractivity contribution in [3.8, 4) is 22.6 Å². The molecule has 4 aromatic rings. The van der Waals surface area contributed by atoms with E-state index in [0.29, 0.717) is 11.7 Å². The summed E-state index contributed by atoms with van der Waals surface area (Å²) in [6.07, 6.45) is 3.24. The van der Waals surface area contributed by atoms with Crippen molar-refractivity contribution >= 4 is 5.91 Å². The third-order valence-corrected chi connectivity index (χ3v) is 4.84. The van der Waals surface area contributed by atoms with E-state index in [0.717, 1.165) is 23.4 Å². The number of nitrogens with zero attached hydrogens (tertiary/aromatic N) is 4. The summed E-state index contributed by atoms with van der Waals surface area (Å²) in [5.41, 5.74) is 2.87. The van der Waals surface area contributed by atoms with Gasteiger partial charge in [-0.3, -0.25) is 9.48 Å². The number of nitrogens with one attached hydrogen (secondary N) is 1. The molecule has 0 bridgehead atoms. The van der Waals surface area contributed by atoms with Crippen LogP contribution >= 0.6 is 0 Å². The third-order valence-electron chi connectivity index (χ3n) is 4.84. The normalized spacial score (nSPS) is 12.3. The van der Waals surface area contributed by atoms with Gasteiger partial charge in [0.05, 0.1) is 12.0 Å². The summed E-state index contributed by atoms with van der Waals surface area (Å²) < 4.78 is 12.6. The molecule has 0 aliphatic heterocycles. The molecule has 154 valence electrons. The molecule has 1 aromatic carbocycles. The zero-order chi connectivity index (χ0) is 21.1. The van der Waals surface area contributed by atoms with Gasteiger partial charge in [-0.15, -0.1) is 0 Å². The Kier molecular flexibility index (Phi) is 5.47. The van der Waals surface area contributed by atoms with E-state index in [4.69, 9.17) is 8.94 Å². The molecule has 0 aliphatic carbocycles. The summed E-state index contributed by atoms with van der Waals surface area (Å²) in [6, 6.07) is 12.7. The number of amides is 1. The highest BCUT2D eigenvalue weighted by atomic mass is 16.5. The lowest BCUT2D eigenvalue weighted by atomic mass is 10.0. The number of aryl methyl sites for hydroxylation is 1. The van der Waals surface area contributed by atoms with Crippen LogP contribution in [-0.2, 0) is 6.54 Å². The summed E-state index contributed by atoms with van der Waals surface area (Å²) >= 11 is 0. The zero-order valence-electron chi connectivity index (χ0n) is 17.1. The Balaban J connectivity index is 1.60. The molecular weight excluding hydrogens is 382 g/mol. The Bertz CT molecular complexity index is 1130. The lowest BCUT2D eigenvalue weighted by Gasteiger charge is -2.17. The van der Waals surface area contributed by atoms with Gasteiger partial charge in [-0.2, -0.15) is 10.1 Å². The van der Waals surface area contributed by atoms with E-state index in [9.17, 15) is 4.79 Å². The molecular formula is C22H23N5O3. The minimum atomic E-state index is -0.437. The van der Waals surface area contributed by atoms with E-state index in [1.165, 1.54) is 6.26 Å². The van der Waals surface area contributed by atoms with Crippen molar-refractivity contribution in [1.29, 1.82) is 0 Å². The first-order valence-electron chi connectivity index (χ1n) is 9.87. The lowest BCUT2D eigenvalue weighted by molar-refractivity contribution is 0.0885. The molecule has 1 N–H and O–H groups in total. The highest BCUT2D eigenvalue weighted by molar-refractivity contribution is 5.91. The molecule has 30 heavy (non-hydrogen) atoms. The molecule has 3 aromatic heterocycles. The van der Waals surface area contributed by atoms with E-state index in [1.54, 1.807) is 18.3 Å². The van der Waals surface area contributed by atoms with Crippen molar-refractivity contribution < 1.29 is 13.7 Å². The fourth-order valence-corrected chi connectivity index (χ4v) is 3.26. The molecule has 8 heteroatoms. The second kappa shape index (κ2) is 8.36. The number of hydrogen-bond acceptors (Lipinski definition) is 6. The van der Waals surface area contributed by atoms with Crippen LogP contribution in [0.15, 0.2) is 63.9 Å². The SMILES string of the molecule is CCn1nccc1-c1cccc(-c2noc(C(NC(=O)c3ccco3)C(C)C)n2)c1. The van der Waals surface area contributed by atoms with Crippen LogP contribution in [0.1, 0.15) is 43.3 Å². The van der Waals surface area contributed by atoms with E-state index >= 15 is 0 Å². The maximum Gasteiger partial charge on any atom is 0.287 e. The number of aromatic nitrogens is 4. The Morgan fingerprint density at radius 3 is 2.73 bits per heavy atom. The topological polar surface area (TPSA) is 99.0 Å². The fraction of sp³-hybridized carbons (Fsp3) is 0.273. The second-order valence-corrected chi connectivity index (χ2v) is 7.24. The number of rotatable bonds is 7. The molecule has 0 saturated heterocycles. The van der Waals surface area contributed by atoms with Crippen LogP contribution < -0.4 is 5.32 Å². The minimum absolute atomic E-state index is 0.0439. The van der Waals surface area contributed by atoms with Crippen LogP contribution in [0, 0.1) is 5.92 Å². The van der Waals surface area contributed by atoms with Gasteiger partial charge in [-0.25, -0.2) is 0 Å². The van der Waals surface area contributed by atoms with Gasteiger partial charge in [0.2, 0.25) is 11.7 Å². The van der Waals surface area contributed by atoms with Crippen molar-refractivity contribution in [2.24, 2.45) is 5.92 Å². The zero-order valence-corrected chi connectivity index (χ0v) is 17.1. The van der Waals surface area contributed by atoms with Gasteiger partial charge >= 0.3 is 0 Å². The van der Waals surface area contributed by atoms with Crippen molar-refractivity contribution in [2.75, 3.05) is 0 Å². The molecule has 8 nitrogen and oxygen atoms in total. The van der Waals surface area contributed by atoms with Crippen LogP contribution in [0.3, 0.4) is 0 Å². The third kappa shape index (κ3) is 3.89. The Morgan fingerprint density at radius 2 is 2.00 bits per heavy atom. The first-order valence-corrected chi connectivity index (χ1v) is 9.87. The number of hydrogen-bond donors (Lipinski definition) is 1. The maximum atomic E-state index is 12.4. The second-order valence-electron chi connectivity index (χ2n) is 7.24. The summed E-state index contributed by atoms with van der Waals surface area (Å²) in [7, 11) is 0. The number of carbonyl (C=O) groups excluding carboxylic acids is 1. The van der Waals surface area contributed by atoms with Crippen molar-refractivity contribution in [3.05, 3.63) is 66.6 Å². The summed E-state index contributed by atoms with van der Waals surface area (Å²) in [5.74, 6) is 0.771. The molecule has 0 fully saturated rings. The average Bonchev–Trinajstić information content (AvgIpc) is 3.52. The first-order chi connectivity index (χ1) is 14.6. The molecule has 4 rings (SSSR count). The van der Waals surface area contributed by atoms with Crippen LogP contribution in [-0.4, -0.2) is 25.8 Å². The van der Waals surface area contributed by atoms with E-state index in [-0.39, 0.29) is 17.6 Å². The van der Waals surface area contributed by atoms with Crippen LogP contribution in [0.2, 0.25) is 0 Å². The van der Waals surface area contributed by atoms with Gasteiger partial charge in [0, 0.05) is 23.9 Å². The highest BCUT2D eigenvalue weighted by Gasteiger charge is 2.26. The van der Waals surface area contributed by atoms with Gasteiger partial charge in [0.15, 0.2) is 5.76 Å². The van der Waals surface area contributed by atoms with Crippen LogP contribution in [0.4, 0.5) is 0 Å². The molecule has 0 saturated carbocycles. The van der Waals surface area contributed by atoms with Crippen molar-refractivity contribution in [1.82, 2.24) is 25.2 Å². The average molecular weight is 405 g/mol. The van der Waals surface area contributed by atoms with Gasteiger partial charge < -0.3 is 14.3 Å². The molecule has 0 spiro atoms. The summed E-state index contributed by atoms with van der Waals surface area (Å²) in [6.45, 7) is 6.78. The summed E-state index contributed by atoms with van der Waals surface area (Å²) in [5, 5.41) is 11.4. The van der Waals surface area contributed by atoms with Gasteiger partial charge in [-0.1, -0.05) is 37.2 Å². The van der Waals surface area contributed by atoms with Gasteiger partial charge in [-0.05, 0) is 37.1 Å². The van der Waals surface area contributed by atoms with E-state index in [1.807, 2.05) is 48.9 Å². The van der Waals surface area contributed by atoms with E-state index < -0.39 is 6.04 Å². The molecule has 0 aliphatic rings. The quantitative estimate of drug-likeness (QED) is 0.491. The smallest absolute Gasteiger partial charge is 0.287 e. The molecule has 1 amide bonds. The van der Waals surface area contributed by atoms with E-state index in [2.05, 4.69) is 27.5 Å². The monoisotopic (exact) mass is 405 g/mol. The minimum Gasteiger partial charge on any atom is -0.459 e. The number of furan rings is 1. The fourth-order valence-electron chi connectivity index (χ4n) is 3.26. The van der Waals surface area contributed by atoms with Crippen molar-refractivity contribution in [3.63, 3.8) is 0 Å². The van der Waals surface area contributed by atoms with Gasteiger partial charge in [0.25, 0.3) is 5.91 Å². The maximum absolute atomic E-state index is 12.4. The Labute approximate surface area is 173 Å². The molecule has 1 unspecified atom stereocenters. The Morgan fingerprint density at radius 1 is 1.17 bits per heavy atom. The van der Waals surface area contributed by atoms with Crippen LogP contribution in [0.5, 0.6) is 0 Å². The number of benzene rings is 1. The largest absolute Gasteiger partial charge is 0.459 e.